The molecule has 0 aliphatic rings. The summed E-state index contributed by atoms with van der Waals surface area (Å²) in [7, 11) is 2.14. The van der Waals surface area contributed by atoms with Gasteiger partial charge in [0.1, 0.15) is 0 Å². The van der Waals surface area contributed by atoms with Gasteiger partial charge in [0, 0.05) is 18.8 Å². The summed E-state index contributed by atoms with van der Waals surface area (Å²) in [5, 5.41) is 0. The van der Waals surface area contributed by atoms with E-state index in [1.54, 1.807) is 0 Å². The van der Waals surface area contributed by atoms with Crippen molar-refractivity contribution in [3.63, 3.8) is 0 Å². The Morgan fingerprint density at radius 3 is 2.44 bits per heavy atom. The van der Waals surface area contributed by atoms with Crippen molar-refractivity contribution in [2.75, 3.05) is 13.6 Å². The Labute approximate surface area is 111 Å². The van der Waals surface area contributed by atoms with Crippen LogP contribution in [0.15, 0.2) is 24.4 Å². The van der Waals surface area contributed by atoms with Crippen molar-refractivity contribution < 1.29 is 0 Å². The molecule has 0 aromatic carbocycles. The van der Waals surface area contributed by atoms with Crippen molar-refractivity contribution in [2.24, 2.45) is 11.1 Å². The second-order valence-electron chi connectivity index (χ2n) is 6.25. The highest BCUT2D eigenvalue weighted by atomic mass is 15.2. The lowest BCUT2D eigenvalue weighted by Gasteiger charge is -2.36. The van der Waals surface area contributed by atoms with Crippen LogP contribution < -0.4 is 5.73 Å². The highest BCUT2D eigenvalue weighted by Gasteiger charge is 2.26. The lowest BCUT2D eigenvalue weighted by atomic mass is 9.93. The van der Waals surface area contributed by atoms with Gasteiger partial charge in [-0.2, -0.15) is 0 Å². The van der Waals surface area contributed by atoms with Gasteiger partial charge in [-0.15, -0.1) is 0 Å². The first-order chi connectivity index (χ1) is 8.35. The predicted octanol–water partition coefficient (Wildman–Crippen LogP) is 2.84. The Kier molecular flexibility index (Phi) is 5.29. The molecule has 3 heteroatoms. The van der Waals surface area contributed by atoms with Gasteiger partial charge in [0.15, 0.2) is 0 Å². The van der Waals surface area contributed by atoms with Gasteiger partial charge in [-0.3, -0.25) is 9.88 Å². The first-order valence-corrected chi connectivity index (χ1v) is 6.72. The molecule has 1 aromatic heterocycles. The van der Waals surface area contributed by atoms with E-state index in [2.05, 4.69) is 50.7 Å². The standard InChI is InChI=1S/C15H27N3/c1-6-12(16)14(13-9-7-8-10-17-13)18(5)11-15(2,3)4/h7-10,12,14H,6,11,16H2,1-5H3. The number of nitrogens with two attached hydrogens (primary N) is 1. The van der Waals surface area contributed by atoms with Gasteiger partial charge in [-0.1, -0.05) is 33.8 Å². The van der Waals surface area contributed by atoms with Crippen LogP contribution >= 0.6 is 0 Å². The van der Waals surface area contributed by atoms with Gasteiger partial charge in [0.25, 0.3) is 0 Å². The molecular weight excluding hydrogens is 222 g/mol. The minimum Gasteiger partial charge on any atom is -0.326 e. The van der Waals surface area contributed by atoms with Crippen LogP contribution in [0.1, 0.15) is 45.9 Å². The Hall–Kier alpha value is -0.930. The minimum atomic E-state index is 0.118. The molecule has 1 rings (SSSR count). The van der Waals surface area contributed by atoms with Crippen LogP contribution in [0, 0.1) is 5.41 Å². The molecule has 0 spiro atoms. The van der Waals surface area contributed by atoms with E-state index in [0.29, 0.717) is 0 Å². The molecule has 102 valence electrons. The Morgan fingerprint density at radius 1 is 1.33 bits per heavy atom. The number of hydrogen-bond acceptors (Lipinski definition) is 3. The van der Waals surface area contributed by atoms with E-state index >= 15 is 0 Å². The molecule has 2 N–H and O–H groups in total. The number of nitrogens with zero attached hydrogens (tertiary/aromatic N) is 2. The fraction of sp³-hybridized carbons (Fsp3) is 0.667. The molecule has 1 heterocycles. The van der Waals surface area contributed by atoms with Gasteiger partial charge >= 0.3 is 0 Å². The van der Waals surface area contributed by atoms with E-state index in [9.17, 15) is 0 Å². The van der Waals surface area contributed by atoms with E-state index in [4.69, 9.17) is 5.73 Å². The predicted molar refractivity (Wildman–Crippen MR) is 77.3 cm³/mol. The molecule has 0 amide bonds. The topological polar surface area (TPSA) is 42.1 Å². The second-order valence-corrected chi connectivity index (χ2v) is 6.25. The number of hydrogen-bond donors (Lipinski definition) is 1. The van der Waals surface area contributed by atoms with Crippen molar-refractivity contribution in [2.45, 2.75) is 46.2 Å². The molecule has 0 saturated carbocycles. The monoisotopic (exact) mass is 249 g/mol. The molecule has 0 radical (unpaired) electrons. The first kappa shape index (κ1) is 15.1. The maximum Gasteiger partial charge on any atom is 0.0671 e. The summed E-state index contributed by atoms with van der Waals surface area (Å²) in [6.45, 7) is 9.87. The molecule has 0 aliphatic carbocycles. The Balaban J connectivity index is 2.92. The van der Waals surface area contributed by atoms with E-state index in [1.165, 1.54) is 0 Å². The average molecular weight is 249 g/mol. The van der Waals surface area contributed by atoms with Crippen LogP contribution in [0.3, 0.4) is 0 Å². The minimum absolute atomic E-state index is 0.118. The highest BCUT2D eigenvalue weighted by Crippen LogP contribution is 2.26. The van der Waals surface area contributed by atoms with E-state index in [0.717, 1.165) is 18.7 Å². The van der Waals surface area contributed by atoms with Crippen molar-refractivity contribution >= 4 is 0 Å². The largest absolute Gasteiger partial charge is 0.326 e. The van der Waals surface area contributed by atoms with Crippen LogP contribution in [0.5, 0.6) is 0 Å². The lowest BCUT2D eigenvalue weighted by molar-refractivity contribution is 0.148. The fourth-order valence-corrected chi connectivity index (χ4v) is 2.39. The SMILES string of the molecule is CCC(N)C(c1ccccn1)N(C)CC(C)(C)C. The molecule has 2 unspecified atom stereocenters. The van der Waals surface area contributed by atoms with Crippen molar-refractivity contribution in [1.29, 1.82) is 0 Å². The molecular formula is C15H27N3. The summed E-state index contributed by atoms with van der Waals surface area (Å²) < 4.78 is 0. The smallest absolute Gasteiger partial charge is 0.0671 e. The van der Waals surface area contributed by atoms with Crippen LogP contribution in [0.4, 0.5) is 0 Å². The van der Waals surface area contributed by atoms with Crippen LogP contribution in [0.2, 0.25) is 0 Å². The number of aromatic nitrogens is 1. The third-order valence-corrected chi connectivity index (χ3v) is 3.07. The molecule has 0 fully saturated rings. The molecule has 18 heavy (non-hydrogen) atoms. The Bertz CT molecular complexity index is 343. The lowest BCUT2D eigenvalue weighted by Crippen LogP contribution is -2.42. The normalized spacial score (nSPS) is 15.7. The maximum absolute atomic E-state index is 6.29. The molecule has 0 bridgehead atoms. The molecule has 3 nitrogen and oxygen atoms in total. The number of pyridine rings is 1. The summed E-state index contributed by atoms with van der Waals surface area (Å²) >= 11 is 0. The van der Waals surface area contributed by atoms with E-state index in [1.807, 2.05) is 18.3 Å². The number of likely N-dealkylation sites (N-methyl/N-ethyl adjacent to an activating group) is 1. The second kappa shape index (κ2) is 6.30. The quantitative estimate of drug-likeness (QED) is 0.872. The number of rotatable bonds is 5. The first-order valence-electron chi connectivity index (χ1n) is 6.72. The summed E-state index contributed by atoms with van der Waals surface area (Å²) in [6, 6.07) is 6.35. The van der Waals surface area contributed by atoms with E-state index in [-0.39, 0.29) is 17.5 Å². The van der Waals surface area contributed by atoms with Gasteiger partial charge in [-0.05, 0) is 31.0 Å². The zero-order chi connectivity index (χ0) is 13.8. The van der Waals surface area contributed by atoms with Gasteiger partial charge in [0.05, 0.1) is 11.7 Å². The van der Waals surface area contributed by atoms with Crippen LogP contribution in [0.25, 0.3) is 0 Å². The third kappa shape index (κ3) is 4.39. The van der Waals surface area contributed by atoms with Gasteiger partial charge < -0.3 is 5.73 Å². The van der Waals surface area contributed by atoms with Gasteiger partial charge in [-0.25, -0.2) is 0 Å². The Morgan fingerprint density at radius 2 is 2.00 bits per heavy atom. The molecule has 2 atom stereocenters. The van der Waals surface area contributed by atoms with E-state index < -0.39 is 0 Å². The van der Waals surface area contributed by atoms with Crippen LogP contribution in [-0.4, -0.2) is 29.5 Å². The average Bonchev–Trinajstić information content (AvgIpc) is 2.28. The molecule has 0 aliphatic heterocycles. The summed E-state index contributed by atoms with van der Waals surface area (Å²) in [5.74, 6) is 0. The highest BCUT2D eigenvalue weighted by molar-refractivity contribution is 5.11. The van der Waals surface area contributed by atoms with Gasteiger partial charge in [0.2, 0.25) is 0 Å². The molecule has 1 aromatic rings. The zero-order valence-corrected chi connectivity index (χ0v) is 12.4. The molecule has 0 saturated heterocycles. The third-order valence-electron chi connectivity index (χ3n) is 3.07. The zero-order valence-electron chi connectivity index (χ0n) is 12.4. The summed E-state index contributed by atoms with van der Waals surface area (Å²) in [4.78, 5) is 6.81. The fourth-order valence-electron chi connectivity index (χ4n) is 2.39. The summed E-state index contributed by atoms with van der Waals surface area (Å²) in [6.07, 6.45) is 2.80. The van der Waals surface area contributed by atoms with Crippen molar-refractivity contribution in [1.82, 2.24) is 9.88 Å². The van der Waals surface area contributed by atoms with Crippen molar-refractivity contribution in [3.05, 3.63) is 30.1 Å². The van der Waals surface area contributed by atoms with Crippen LogP contribution in [-0.2, 0) is 0 Å². The maximum atomic E-state index is 6.29. The summed E-state index contributed by atoms with van der Waals surface area (Å²) in [5.41, 5.74) is 7.61. The van der Waals surface area contributed by atoms with Crippen molar-refractivity contribution in [3.8, 4) is 0 Å².